The number of hydrogen-bond donors (Lipinski definition) is 1. The van der Waals surface area contributed by atoms with Crippen molar-refractivity contribution in [3.63, 3.8) is 0 Å². The molecule has 1 aliphatic heterocycles. The Morgan fingerprint density at radius 3 is 3.15 bits per heavy atom. The number of rotatable bonds is 0. The summed E-state index contributed by atoms with van der Waals surface area (Å²) < 4.78 is 13.4. The fourth-order valence-electron chi connectivity index (χ4n) is 1.87. The molecule has 0 fully saturated rings. The zero-order chi connectivity index (χ0) is 9.26. The van der Waals surface area contributed by atoms with Crippen LogP contribution in [-0.2, 0) is 13.0 Å². The second kappa shape index (κ2) is 3.46. The van der Waals surface area contributed by atoms with Crippen molar-refractivity contribution in [1.82, 2.24) is 5.32 Å². The summed E-state index contributed by atoms with van der Waals surface area (Å²) in [5, 5.41) is 3.31. The normalized spacial score (nSPS) is 22.2. The van der Waals surface area contributed by atoms with Crippen molar-refractivity contribution >= 4 is 0 Å². The van der Waals surface area contributed by atoms with Gasteiger partial charge in [0.1, 0.15) is 5.82 Å². The van der Waals surface area contributed by atoms with Gasteiger partial charge < -0.3 is 5.32 Å². The van der Waals surface area contributed by atoms with E-state index in [1.807, 2.05) is 6.07 Å². The van der Waals surface area contributed by atoms with Gasteiger partial charge in [0.25, 0.3) is 0 Å². The van der Waals surface area contributed by atoms with E-state index in [4.69, 9.17) is 0 Å². The van der Waals surface area contributed by atoms with Gasteiger partial charge in [0, 0.05) is 6.54 Å². The lowest BCUT2D eigenvalue weighted by molar-refractivity contribution is 0.522. The highest BCUT2D eigenvalue weighted by molar-refractivity contribution is 5.29. The molecule has 1 unspecified atom stereocenters. The standard InChI is InChI=1S/C11H14FN/c1-8-5-10-9(7-13-6-8)3-2-4-11(10)12/h2-4,8,13H,5-7H2,1H3. The molecular formula is C11H14FN. The fraction of sp³-hybridized carbons (Fsp3) is 0.455. The van der Waals surface area contributed by atoms with Crippen LogP contribution in [0.3, 0.4) is 0 Å². The predicted octanol–water partition coefficient (Wildman–Crippen LogP) is 2.11. The number of halogens is 1. The molecule has 1 atom stereocenters. The first kappa shape index (κ1) is 8.70. The quantitative estimate of drug-likeness (QED) is 0.643. The van der Waals surface area contributed by atoms with Crippen LogP contribution >= 0.6 is 0 Å². The molecule has 1 N–H and O–H groups in total. The van der Waals surface area contributed by atoms with Crippen molar-refractivity contribution in [2.75, 3.05) is 6.54 Å². The fourth-order valence-corrected chi connectivity index (χ4v) is 1.87. The first-order valence-corrected chi connectivity index (χ1v) is 4.74. The van der Waals surface area contributed by atoms with Crippen molar-refractivity contribution in [2.45, 2.75) is 19.9 Å². The first-order valence-electron chi connectivity index (χ1n) is 4.74. The Hall–Kier alpha value is -0.890. The summed E-state index contributed by atoms with van der Waals surface area (Å²) in [5.74, 6) is 0.478. The number of hydrogen-bond acceptors (Lipinski definition) is 1. The van der Waals surface area contributed by atoms with E-state index in [-0.39, 0.29) is 5.82 Å². The average molecular weight is 179 g/mol. The van der Waals surface area contributed by atoms with Gasteiger partial charge in [-0.25, -0.2) is 4.39 Å². The summed E-state index contributed by atoms with van der Waals surface area (Å²) in [6, 6.07) is 5.34. The van der Waals surface area contributed by atoms with Crippen LogP contribution in [0.25, 0.3) is 0 Å². The molecule has 0 bridgehead atoms. The largest absolute Gasteiger partial charge is 0.312 e. The maximum absolute atomic E-state index is 13.4. The highest BCUT2D eigenvalue weighted by atomic mass is 19.1. The summed E-state index contributed by atoms with van der Waals surface area (Å²) in [6.07, 6.45) is 0.856. The van der Waals surface area contributed by atoms with Crippen molar-refractivity contribution < 1.29 is 4.39 Å². The van der Waals surface area contributed by atoms with Crippen LogP contribution in [-0.4, -0.2) is 6.54 Å². The van der Waals surface area contributed by atoms with E-state index in [2.05, 4.69) is 12.2 Å². The summed E-state index contributed by atoms with van der Waals surface area (Å²) in [5.41, 5.74) is 2.02. The van der Waals surface area contributed by atoms with E-state index < -0.39 is 0 Å². The SMILES string of the molecule is CC1CNCc2cccc(F)c2C1. The van der Waals surface area contributed by atoms with Gasteiger partial charge in [0.2, 0.25) is 0 Å². The van der Waals surface area contributed by atoms with Gasteiger partial charge in [-0.05, 0) is 36.1 Å². The predicted molar refractivity (Wildman–Crippen MR) is 51.0 cm³/mol. The van der Waals surface area contributed by atoms with Crippen LogP contribution in [0.4, 0.5) is 4.39 Å². The molecule has 0 aliphatic carbocycles. The molecule has 2 rings (SSSR count). The van der Waals surface area contributed by atoms with Crippen LogP contribution in [0.5, 0.6) is 0 Å². The monoisotopic (exact) mass is 179 g/mol. The Balaban J connectivity index is 2.40. The van der Waals surface area contributed by atoms with Gasteiger partial charge in [0.15, 0.2) is 0 Å². The maximum atomic E-state index is 13.4. The smallest absolute Gasteiger partial charge is 0.126 e. The van der Waals surface area contributed by atoms with Crippen molar-refractivity contribution in [3.05, 3.63) is 35.1 Å². The number of nitrogens with one attached hydrogen (secondary N) is 1. The van der Waals surface area contributed by atoms with Crippen LogP contribution in [0, 0.1) is 11.7 Å². The molecule has 1 aromatic rings. The highest BCUT2D eigenvalue weighted by Gasteiger charge is 2.15. The molecule has 0 saturated heterocycles. The summed E-state index contributed by atoms with van der Waals surface area (Å²) in [4.78, 5) is 0. The van der Waals surface area contributed by atoms with E-state index in [1.54, 1.807) is 12.1 Å². The maximum Gasteiger partial charge on any atom is 0.126 e. The molecule has 13 heavy (non-hydrogen) atoms. The Labute approximate surface area is 78.0 Å². The van der Waals surface area contributed by atoms with E-state index in [9.17, 15) is 4.39 Å². The lowest BCUT2D eigenvalue weighted by Crippen LogP contribution is -2.17. The van der Waals surface area contributed by atoms with Gasteiger partial charge >= 0.3 is 0 Å². The zero-order valence-electron chi connectivity index (χ0n) is 7.81. The summed E-state index contributed by atoms with van der Waals surface area (Å²) in [6.45, 7) is 3.93. The molecule has 0 radical (unpaired) electrons. The molecule has 0 saturated carbocycles. The molecule has 2 heteroatoms. The Bertz CT molecular complexity index is 309. The second-order valence-electron chi connectivity index (χ2n) is 3.82. The number of benzene rings is 1. The minimum atomic E-state index is -0.0481. The van der Waals surface area contributed by atoms with Crippen molar-refractivity contribution in [1.29, 1.82) is 0 Å². The van der Waals surface area contributed by atoms with Crippen molar-refractivity contribution in [2.24, 2.45) is 5.92 Å². The third kappa shape index (κ3) is 1.73. The van der Waals surface area contributed by atoms with E-state index >= 15 is 0 Å². The van der Waals surface area contributed by atoms with Gasteiger partial charge in [-0.2, -0.15) is 0 Å². The Kier molecular flexibility index (Phi) is 2.32. The Morgan fingerprint density at radius 2 is 2.31 bits per heavy atom. The third-order valence-electron chi connectivity index (χ3n) is 2.58. The van der Waals surface area contributed by atoms with Crippen LogP contribution in [0.15, 0.2) is 18.2 Å². The molecule has 70 valence electrons. The first-order chi connectivity index (χ1) is 6.27. The van der Waals surface area contributed by atoms with Gasteiger partial charge in [-0.1, -0.05) is 19.1 Å². The number of fused-ring (bicyclic) bond motifs is 1. The molecule has 1 aliphatic rings. The average Bonchev–Trinajstić information content (AvgIpc) is 2.28. The molecular weight excluding hydrogens is 165 g/mol. The summed E-state index contributed by atoms with van der Waals surface area (Å²) >= 11 is 0. The molecule has 1 heterocycles. The van der Waals surface area contributed by atoms with Crippen molar-refractivity contribution in [3.8, 4) is 0 Å². The van der Waals surface area contributed by atoms with Crippen LogP contribution in [0.1, 0.15) is 18.1 Å². The van der Waals surface area contributed by atoms with Gasteiger partial charge in [0.05, 0.1) is 0 Å². The minimum Gasteiger partial charge on any atom is -0.312 e. The minimum absolute atomic E-state index is 0.0481. The highest BCUT2D eigenvalue weighted by Crippen LogP contribution is 2.20. The van der Waals surface area contributed by atoms with Crippen LogP contribution in [0.2, 0.25) is 0 Å². The summed E-state index contributed by atoms with van der Waals surface area (Å²) in [7, 11) is 0. The van der Waals surface area contributed by atoms with Gasteiger partial charge in [-0.3, -0.25) is 0 Å². The zero-order valence-corrected chi connectivity index (χ0v) is 7.81. The molecule has 0 spiro atoms. The lowest BCUT2D eigenvalue weighted by Gasteiger charge is -2.08. The molecule has 1 aromatic carbocycles. The Morgan fingerprint density at radius 1 is 1.46 bits per heavy atom. The van der Waals surface area contributed by atoms with Gasteiger partial charge in [-0.15, -0.1) is 0 Å². The van der Waals surface area contributed by atoms with Crippen LogP contribution < -0.4 is 5.32 Å². The molecule has 0 amide bonds. The lowest BCUT2D eigenvalue weighted by atomic mass is 9.98. The van der Waals surface area contributed by atoms with E-state index in [0.717, 1.165) is 30.6 Å². The topological polar surface area (TPSA) is 12.0 Å². The van der Waals surface area contributed by atoms with E-state index in [1.165, 1.54) is 0 Å². The third-order valence-corrected chi connectivity index (χ3v) is 2.58. The second-order valence-corrected chi connectivity index (χ2v) is 3.82. The van der Waals surface area contributed by atoms with E-state index in [0.29, 0.717) is 5.92 Å². The molecule has 1 nitrogen and oxygen atoms in total. The molecule has 0 aromatic heterocycles.